The molecule has 0 aromatic carbocycles. The molecule has 106 valence electrons. The van der Waals surface area contributed by atoms with Crippen molar-refractivity contribution in [1.82, 2.24) is 10.2 Å². The molecule has 18 heavy (non-hydrogen) atoms. The molecule has 2 saturated carbocycles. The number of rotatable bonds is 7. The van der Waals surface area contributed by atoms with E-state index in [1.165, 1.54) is 44.9 Å². The molecule has 3 heteroatoms. The van der Waals surface area contributed by atoms with E-state index in [4.69, 9.17) is 4.74 Å². The van der Waals surface area contributed by atoms with Crippen LogP contribution in [0.5, 0.6) is 0 Å². The minimum atomic E-state index is 0.704. The molecule has 0 aliphatic heterocycles. The van der Waals surface area contributed by atoms with Crippen LogP contribution in [0.3, 0.4) is 0 Å². The quantitative estimate of drug-likeness (QED) is 0.706. The third-order valence-electron chi connectivity index (χ3n) is 4.44. The Morgan fingerprint density at radius 1 is 1.11 bits per heavy atom. The van der Waals surface area contributed by atoms with Crippen LogP contribution in [0.4, 0.5) is 0 Å². The van der Waals surface area contributed by atoms with Gasteiger partial charge < -0.3 is 10.1 Å². The van der Waals surface area contributed by atoms with Crippen LogP contribution < -0.4 is 5.32 Å². The van der Waals surface area contributed by atoms with Crippen LogP contribution in [0.25, 0.3) is 0 Å². The van der Waals surface area contributed by atoms with Gasteiger partial charge in [0.1, 0.15) is 0 Å². The fourth-order valence-electron chi connectivity index (χ4n) is 3.41. The summed E-state index contributed by atoms with van der Waals surface area (Å²) in [5.74, 6) is 0. The zero-order chi connectivity index (χ0) is 12.8. The molecule has 0 saturated heterocycles. The van der Waals surface area contributed by atoms with Gasteiger partial charge in [-0.2, -0.15) is 0 Å². The predicted molar refractivity (Wildman–Crippen MR) is 75.9 cm³/mol. The Morgan fingerprint density at radius 2 is 1.89 bits per heavy atom. The van der Waals surface area contributed by atoms with Crippen LogP contribution in [-0.2, 0) is 4.74 Å². The van der Waals surface area contributed by atoms with Crippen molar-refractivity contribution < 1.29 is 4.74 Å². The molecule has 0 radical (unpaired) electrons. The van der Waals surface area contributed by atoms with Gasteiger partial charge in [0, 0.05) is 31.8 Å². The number of likely N-dealkylation sites (N-methyl/N-ethyl adjacent to an activating group) is 1. The second-order valence-corrected chi connectivity index (χ2v) is 5.83. The average molecular weight is 254 g/mol. The van der Waals surface area contributed by atoms with Crippen LogP contribution in [0, 0.1) is 0 Å². The van der Waals surface area contributed by atoms with E-state index in [2.05, 4.69) is 17.1 Å². The molecule has 0 heterocycles. The van der Waals surface area contributed by atoms with E-state index in [0.717, 1.165) is 31.8 Å². The Labute approximate surface area is 112 Å². The highest BCUT2D eigenvalue weighted by Crippen LogP contribution is 2.33. The van der Waals surface area contributed by atoms with Crippen molar-refractivity contribution in [3.63, 3.8) is 0 Å². The molecule has 2 aliphatic carbocycles. The third-order valence-corrected chi connectivity index (χ3v) is 4.44. The van der Waals surface area contributed by atoms with Gasteiger partial charge in [-0.15, -0.1) is 0 Å². The van der Waals surface area contributed by atoms with E-state index >= 15 is 0 Å². The molecule has 2 aliphatic rings. The van der Waals surface area contributed by atoms with Gasteiger partial charge in [0.15, 0.2) is 0 Å². The zero-order valence-electron chi connectivity index (χ0n) is 12.2. The topological polar surface area (TPSA) is 24.5 Å². The molecular weight excluding hydrogens is 224 g/mol. The number of methoxy groups -OCH3 is 1. The fraction of sp³-hybridized carbons (Fsp3) is 1.00. The lowest BCUT2D eigenvalue weighted by Crippen LogP contribution is -2.51. The maximum absolute atomic E-state index is 5.31. The van der Waals surface area contributed by atoms with E-state index < -0.39 is 0 Å². The Hall–Kier alpha value is -0.120. The summed E-state index contributed by atoms with van der Waals surface area (Å²) in [5, 5.41) is 3.73. The molecule has 3 nitrogen and oxygen atoms in total. The maximum atomic E-state index is 5.31. The lowest BCUT2D eigenvalue weighted by atomic mass is 10.0. The smallest absolute Gasteiger partial charge is 0.0589 e. The highest BCUT2D eigenvalue weighted by Gasteiger charge is 2.37. The number of hydrogen-bond acceptors (Lipinski definition) is 3. The van der Waals surface area contributed by atoms with Crippen molar-refractivity contribution in [2.45, 2.75) is 70.0 Å². The van der Waals surface area contributed by atoms with E-state index in [1.807, 2.05) is 7.11 Å². The monoisotopic (exact) mass is 254 g/mol. The SMILES string of the molecule is CCNC1CCCCCC1N(CCOC)C1CC1. The molecule has 0 bridgehead atoms. The van der Waals surface area contributed by atoms with Gasteiger partial charge in [-0.25, -0.2) is 0 Å². The van der Waals surface area contributed by atoms with Crippen molar-refractivity contribution in [3.8, 4) is 0 Å². The highest BCUT2D eigenvalue weighted by atomic mass is 16.5. The van der Waals surface area contributed by atoms with Crippen LogP contribution in [-0.4, -0.2) is 49.8 Å². The van der Waals surface area contributed by atoms with Gasteiger partial charge in [0.2, 0.25) is 0 Å². The van der Waals surface area contributed by atoms with Crippen molar-refractivity contribution in [2.75, 3.05) is 26.8 Å². The summed E-state index contributed by atoms with van der Waals surface area (Å²) in [6.45, 7) is 5.34. The van der Waals surface area contributed by atoms with Crippen LogP contribution in [0.1, 0.15) is 51.9 Å². The Kier molecular flexibility index (Phi) is 5.93. The first-order valence-corrected chi connectivity index (χ1v) is 7.85. The normalized spacial score (nSPS) is 29.5. The number of hydrogen-bond donors (Lipinski definition) is 1. The summed E-state index contributed by atoms with van der Waals surface area (Å²) in [4.78, 5) is 2.75. The molecule has 1 N–H and O–H groups in total. The van der Waals surface area contributed by atoms with Gasteiger partial charge in [-0.1, -0.05) is 26.2 Å². The number of nitrogens with zero attached hydrogens (tertiary/aromatic N) is 1. The first kappa shape index (κ1) is 14.3. The molecule has 0 aromatic heterocycles. The Morgan fingerprint density at radius 3 is 2.56 bits per heavy atom. The Balaban J connectivity index is 1.98. The maximum Gasteiger partial charge on any atom is 0.0589 e. The lowest BCUT2D eigenvalue weighted by molar-refractivity contribution is 0.0919. The lowest BCUT2D eigenvalue weighted by Gasteiger charge is -2.37. The second kappa shape index (κ2) is 7.46. The average Bonchev–Trinajstić information content (AvgIpc) is 3.19. The standard InChI is InChI=1S/C15H30N2O/c1-3-16-14-7-5-4-6-8-15(14)17(11-12-18-2)13-9-10-13/h13-16H,3-12H2,1-2H3. The van der Waals surface area contributed by atoms with Crippen molar-refractivity contribution in [3.05, 3.63) is 0 Å². The molecule has 0 aromatic rings. The first-order chi connectivity index (χ1) is 8.86. The Bertz CT molecular complexity index is 231. The zero-order valence-corrected chi connectivity index (χ0v) is 12.2. The number of ether oxygens (including phenoxy) is 1. The van der Waals surface area contributed by atoms with E-state index in [9.17, 15) is 0 Å². The van der Waals surface area contributed by atoms with E-state index in [1.54, 1.807) is 0 Å². The van der Waals surface area contributed by atoms with Crippen LogP contribution in [0.15, 0.2) is 0 Å². The van der Waals surface area contributed by atoms with Gasteiger partial charge in [0.05, 0.1) is 6.61 Å². The van der Waals surface area contributed by atoms with Gasteiger partial charge in [0.25, 0.3) is 0 Å². The molecule has 2 atom stereocenters. The molecular formula is C15H30N2O. The molecule has 2 fully saturated rings. The second-order valence-electron chi connectivity index (χ2n) is 5.83. The van der Waals surface area contributed by atoms with Crippen LogP contribution in [0.2, 0.25) is 0 Å². The van der Waals surface area contributed by atoms with E-state index in [-0.39, 0.29) is 0 Å². The summed E-state index contributed by atoms with van der Waals surface area (Å²) in [7, 11) is 1.82. The van der Waals surface area contributed by atoms with E-state index in [0.29, 0.717) is 6.04 Å². The predicted octanol–water partition coefficient (Wildman–Crippen LogP) is 2.41. The molecule has 2 rings (SSSR count). The summed E-state index contributed by atoms with van der Waals surface area (Å²) >= 11 is 0. The fourth-order valence-corrected chi connectivity index (χ4v) is 3.41. The molecule has 0 amide bonds. The van der Waals surface area contributed by atoms with Gasteiger partial charge >= 0.3 is 0 Å². The summed E-state index contributed by atoms with van der Waals surface area (Å²) in [5.41, 5.74) is 0. The van der Waals surface area contributed by atoms with Crippen molar-refractivity contribution in [1.29, 1.82) is 0 Å². The van der Waals surface area contributed by atoms with Crippen molar-refractivity contribution in [2.24, 2.45) is 0 Å². The minimum Gasteiger partial charge on any atom is -0.383 e. The van der Waals surface area contributed by atoms with Gasteiger partial charge in [-0.05, 0) is 32.2 Å². The highest BCUT2D eigenvalue weighted by molar-refractivity contribution is 4.94. The van der Waals surface area contributed by atoms with Crippen molar-refractivity contribution >= 4 is 0 Å². The minimum absolute atomic E-state index is 0.704. The molecule has 0 spiro atoms. The molecule has 2 unspecified atom stereocenters. The van der Waals surface area contributed by atoms with Crippen LogP contribution >= 0.6 is 0 Å². The summed E-state index contributed by atoms with van der Waals surface area (Å²) in [6, 6.07) is 2.30. The van der Waals surface area contributed by atoms with Gasteiger partial charge in [-0.3, -0.25) is 4.90 Å². The first-order valence-electron chi connectivity index (χ1n) is 7.85. The summed E-state index contributed by atoms with van der Waals surface area (Å²) < 4.78 is 5.31. The third kappa shape index (κ3) is 3.94. The summed E-state index contributed by atoms with van der Waals surface area (Å²) in [6.07, 6.45) is 9.76. The number of nitrogens with one attached hydrogen (secondary N) is 1. The largest absolute Gasteiger partial charge is 0.383 e.